The average molecular weight is 180 g/mol. The summed E-state index contributed by atoms with van der Waals surface area (Å²) in [4.78, 5) is 17.6. The van der Waals surface area contributed by atoms with Gasteiger partial charge in [-0.15, -0.1) is 0 Å². The fraction of sp³-hybridized carbons (Fsp3) is 0.286. The van der Waals surface area contributed by atoms with Gasteiger partial charge in [-0.2, -0.15) is 5.10 Å². The van der Waals surface area contributed by atoms with Gasteiger partial charge in [-0.1, -0.05) is 0 Å². The molecule has 13 heavy (non-hydrogen) atoms. The Morgan fingerprint density at radius 1 is 1.62 bits per heavy atom. The van der Waals surface area contributed by atoms with Gasteiger partial charge >= 0.3 is 0 Å². The Morgan fingerprint density at radius 2 is 2.46 bits per heavy atom. The molecule has 68 valence electrons. The summed E-state index contributed by atoms with van der Waals surface area (Å²) in [5, 5.41) is 6.78. The molecule has 6 heteroatoms. The first kappa shape index (κ1) is 7.78. The second-order valence-electron chi connectivity index (χ2n) is 2.42. The average Bonchev–Trinajstić information content (AvgIpc) is 2.51. The second-order valence-corrected chi connectivity index (χ2v) is 2.42. The number of nitrogens with zero attached hydrogens (tertiary/aromatic N) is 2. The predicted octanol–water partition coefficient (Wildman–Crippen LogP) is 0.0449. The Kier molecular flexibility index (Phi) is 1.73. The first-order chi connectivity index (χ1) is 6.33. The van der Waals surface area contributed by atoms with Crippen molar-refractivity contribution in [2.24, 2.45) is 0 Å². The molecule has 2 aromatic rings. The van der Waals surface area contributed by atoms with Crippen LogP contribution in [0.4, 0.5) is 0 Å². The van der Waals surface area contributed by atoms with Crippen molar-refractivity contribution < 1.29 is 4.74 Å². The normalized spacial score (nSPS) is 10.5. The standard InChI is InChI=1S/C7H8N4O2/c1-2-13-7-4-5(10-11-7)8-3-9-6(4)12/h3H,2H2,1H3,(H2,8,9,10,11,12). The van der Waals surface area contributed by atoms with Crippen LogP contribution < -0.4 is 10.3 Å². The van der Waals surface area contributed by atoms with Crippen molar-refractivity contribution in [2.45, 2.75) is 6.92 Å². The number of hydrogen-bond acceptors (Lipinski definition) is 4. The highest BCUT2D eigenvalue weighted by Crippen LogP contribution is 2.15. The fourth-order valence-electron chi connectivity index (χ4n) is 1.09. The highest BCUT2D eigenvalue weighted by Gasteiger charge is 2.09. The van der Waals surface area contributed by atoms with E-state index in [0.29, 0.717) is 23.5 Å². The van der Waals surface area contributed by atoms with Crippen LogP contribution in [-0.2, 0) is 0 Å². The summed E-state index contributed by atoms with van der Waals surface area (Å²) < 4.78 is 5.16. The molecule has 0 saturated heterocycles. The lowest BCUT2D eigenvalue weighted by atomic mass is 10.4. The Hall–Kier alpha value is -1.85. The molecule has 0 atom stereocenters. The molecular weight excluding hydrogens is 172 g/mol. The van der Waals surface area contributed by atoms with E-state index < -0.39 is 0 Å². The van der Waals surface area contributed by atoms with Gasteiger partial charge < -0.3 is 9.72 Å². The molecule has 0 aliphatic carbocycles. The van der Waals surface area contributed by atoms with Crippen LogP contribution in [0.5, 0.6) is 5.88 Å². The van der Waals surface area contributed by atoms with Gasteiger partial charge in [-0.05, 0) is 6.92 Å². The largest absolute Gasteiger partial charge is 0.478 e. The van der Waals surface area contributed by atoms with Crippen molar-refractivity contribution in [1.29, 1.82) is 0 Å². The zero-order valence-electron chi connectivity index (χ0n) is 7.00. The lowest BCUT2D eigenvalue weighted by Crippen LogP contribution is -2.06. The highest BCUT2D eigenvalue weighted by atomic mass is 16.5. The van der Waals surface area contributed by atoms with Crippen molar-refractivity contribution in [3.05, 3.63) is 16.7 Å². The molecule has 0 fully saturated rings. The third-order valence-corrected chi connectivity index (χ3v) is 1.61. The molecule has 0 bridgehead atoms. The van der Waals surface area contributed by atoms with E-state index in [0.717, 1.165) is 0 Å². The Bertz CT molecular complexity index is 473. The van der Waals surface area contributed by atoms with Crippen molar-refractivity contribution >= 4 is 11.0 Å². The van der Waals surface area contributed by atoms with Crippen molar-refractivity contribution in [1.82, 2.24) is 20.2 Å². The van der Waals surface area contributed by atoms with Crippen LogP contribution >= 0.6 is 0 Å². The highest BCUT2D eigenvalue weighted by molar-refractivity contribution is 5.78. The maximum atomic E-state index is 11.3. The minimum absolute atomic E-state index is 0.248. The van der Waals surface area contributed by atoms with Crippen molar-refractivity contribution in [3.63, 3.8) is 0 Å². The quantitative estimate of drug-likeness (QED) is 0.683. The molecule has 0 radical (unpaired) electrons. The molecular formula is C7H8N4O2. The number of nitrogens with one attached hydrogen (secondary N) is 2. The topological polar surface area (TPSA) is 83.7 Å². The summed E-state index contributed by atoms with van der Waals surface area (Å²) in [6.07, 6.45) is 1.31. The van der Waals surface area contributed by atoms with Gasteiger partial charge in [0.2, 0.25) is 5.88 Å². The van der Waals surface area contributed by atoms with Gasteiger partial charge in [-0.25, -0.2) is 10.1 Å². The molecule has 6 nitrogen and oxygen atoms in total. The molecule has 2 N–H and O–H groups in total. The first-order valence-corrected chi connectivity index (χ1v) is 3.87. The molecule has 0 aliphatic heterocycles. The number of aromatic amines is 2. The molecule has 0 saturated carbocycles. The lowest BCUT2D eigenvalue weighted by Gasteiger charge is -1.96. The monoisotopic (exact) mass is 180 g/mol. The third-order valence-electron chi connectivity index (χ3n) is 1.61. The SMILES string of the molecule is CCOc1[nH]nc2nc[nH]c(=O)c12. The van der Waals surface area contributed by atoms with E-state index >= 15 is 0 Å². The lowest BCUT2D eigenvalue weighted by molar-refractivity contribution is 0.329. The Labute approximate surface area is 73.0 Å². The summed E-state index contributed by atoms with van der Waals surface area (Å²) >= 11 is 0. The van der Waals surface area contributed by atoms with E-state index in [2.05, 4.69) is 20.2 Å². The second kappa shape index (κ2) is 2.89. The van der Waals surface area contributed by atoms with Gasteiger partial charge in [-0.3, -0.25) is 4.79 Å². The minimum Gasteiger partial charge on any atom is -0.478 e. The van der Waals surface area contributed by atoms with E-state index in [4.69, 9.17) is 4.74 Å². The summed E-state index contributed by atoms with van der Waals surface area (Å²) in [5.74, 6) is 0.367. The van der Waals surface area contributed by atoms with Gasteiger partial charge in [0.1, 0.15) is 5.39 Å². The molecule has 0 aromatic carbocycles. The van der Waals surface area contributed by atoms with Gasteiger partial charge in [0.05, 0.1) is 12.9 Å². The maximum absolute atomic E-state index is 11.3. The van der Waals surface area contributed by atoms with Crippen molar-refractivity contribution in [2.75, 3.05) is 6.61 Å². The first-order valence-electron chi connectivity index (χ1n) is 3.87. The molecule has 0 amide bonds. The van der Waals surface area contributed by atoms with Crippen LogP contribution in [0.2, 0.25) is 0 Å². The minimum atomic E-state index is -0.248. The number of H-pyrrole nitrogens is 2. The predicted molar refractivity (Wildman–Crippen MR) is 45.7 cm³/mol. The Morgan fingerprint density at radius 3 is 3.23 bits per heavy atom. The van der Waals surface area contributed by atoms with Gasteiger partial charge in [0, 0.05) is 0 Å². The molecule has 2 heterocycles. The van der Waals surface area contributed by atoms with E-state index in [-0.39, 0.29) is 5.56 Å². The number of rotatable bonds is 2. The van der Waals surface area contributed by atoms with Crippen molar-refractivity contribution in [3.8, 4) is 5.88 Å². The summed E-state index contributed by atoms with van der Waals surface area (Å²) in [6, 6.07) is 0. The number of hydrogen-bond donors (Lipinski definition) is 2. The van der Waals surface area contributed by atoms with Crippen LogP contribution in [0.1, 0.15) is 6.92 Å². The number of ether oxygens (including phenoxy) is 1. The number of aromatic nitrogens is 4. The third kappa shape index (κ3) is 1.16. The van der Waals surface area contributed by atoms with E-state index in [9.17, 15) is 4.79 Å². The molecule has 0 unspecified atom stereocenters. The summed E-state index contributed by atoms with van der Waals surface area (Å²) in [6.45, 7) is 2.31. The van der Waals surface area contributed by atoms with Crippen LogP contribution in [0.25, 0.3) is 11.0 Å². The number of fused-ring (bicyclic) bond motifs is 1. The van der Waals surface area contributed by atoms with Crippen LogP contribution in [0, 0.1) is 0 Å². The van der Waals surface area contributed by atoms with Crippen LogP contribution in [-0.4, -0.2) is 26.8 Å². The van der Waals surface area contributed by atoms with E-state index in [1.54, 1.807) is 0 Å². The van der Waals surface area contributed by atoms with Gasteiger partial charge in [0.25, 0.3) is 5.56 Å². The summed E-state index contributed by atoms with van der Waals surface area (Å²) in [7, 11) is 0. The fourth-order valence-corrected chi connectivity index (χ4v) is 1.09. The molecule has 2 rings (SSSR count). The Balaban J connectivity index is 2.71. The zero-order valence-corrected chi connectivity index (χ0v) is 7.00. The van der Waals surface area contributed by atoms with E-state index in [1.165, 1.54) is 6.33 Å². The van der Waals surface area contributed by atoms with Gasteiger partial charge in [0.15, 0.2) is 5.65 Å². The van der Waals surface area contributed by atoms with Crippen LogP contribution in [0.15, 0.2) is 11.1 Å². The molecule has 0 spiro atoms. The molecule has 2 aromatic heterocycles. The molecule has 0 aliphatic rings. The van der Waals surface area contributed by atoms with Crippen LogP contribution in [0.3, 0.4) is 0 Å². The summed E-state index contributed by atoms with van der Waals surface area (Å²) in [5.41, 5.74) is 0.120. The van der Waals surface area contributed by atoms with E-state index in [1.807, 2.05) is 6.92 Å². The maximum Gasteiger partial charge on any atom is 0.265 e. The zero-order chi connectivity index (χ0) is 9.26. The smallest absolute Gasteiger partial charge is 0.265 e.